The van der Waals surface area contributed by atoms with Crippen LogP contribution >= 0.6 is 11.8 Å². The van der Waals surface area contributed by atoms with Gasteiger partial charge in [0, 0.05) is 33.5 Å². The Bertz CT molecular complexity index is 1580. The van der Waals surface area contributed by atoms with E-state index in [9.17, 15) is 48.3 Å². The van der Waals surface area contributed by atoms with Crippen molar-refractivity contribution in [3.63, 3.8) is 0 Å². The molecule has 3 fully saturated rings. The van der Waals surface area contributed by atoms with Gasteiger partial charge in [-0.25, -0.2) is 9.59 Å². The molecule has 1 aromatic carbocycles. The number of fused-ring (bicyclic) bond motifs is 1. The minimum absolute atomic E-state index is 0.0149. The van der Waals surface area contributed by atoms with Crippen molar-refractivity contribution in [3.05, 3.63) is 23.8 Å². The number of nitrogens with one attached hydrogen (secondary N) is 3. The first kappa shape index (κ1) is 34.7. The fraction of sp³-hybridized carbons (Fsp3) is 0.464. The Labute approximate surface area is 271 Å². The summed E-state index contributed by atoms with van der Waals surface area (Å²) in [5.41, 5.74) is -2.54. The molecule has 4 N–H and O–H groups in total. The van der Waals surface area contributed by atoms with Gasteiger partial charge in [-0.3, -0.25) is 43.4 Å². The molecule has 0 bridgehead atoms. The summed E-state index contributed by atoms with van der Waals surface area (Å²) >= 11 is 1.01. The van der Waals surface area contributed by atoms with E-state index < -0.39 is 75.4 Å². The van der Waals surface area contributed by atoms with Crippen LogP contribution in [0.25, 0.3) is 0 Å². The quantitative estimate of drug-likeness (QED) is 0.0741. The van der Waals surface area contributed by atoms with Crippen molar-refractivity contribution in [1.29, 1.82) is 0 Å². The van der Waals surface area contributed by atoms with Crippen LogP contribution in [0.3, 0.4) is 0 Å². The molecular formula is C28H32N6O12S. The number of urea groups is 1. The van der Waals surface area contributed by atoms with Gasteiger partial charge in [0.25, 0.3) is 5.91 Å². The highest BCUT2D eigenvalue weighted by molar-refractivity contribution is 8.01. The summed E-state index contributed by atoms with van der Waals surface area (Å²) in [7, 11) is 0. The Morgan fingerprint density at radius 1 is 1.04 bits per heavy atom. The molecule has 47 heavy (non-hydrogen) atoms. The first-order chi connectivity index (χ1) is 22.0. The van der Waals surface area contributed by atoms with E-state index in [0.29, 0.717) is 11.3 Å². The van der Waals surface area contributed by atoms with E-state index in [1.807, 2.05) is 0 Å². The van der Waals surface area contributed by atoms with Gasteiger partial charge in [-0.15, -0.1) is 11.8 Å². The Kier molecular flexibility index (Phi) is 9.51. The van der Waals surface area contributed by atoms with Crippen molar-refractivity contribution in [2.75, 3.05) is 19.6 Å². The molecule has 1 aromatic rings. The van der Waals surface area contributed by atoms with Gasteiger partial charge in [0.1, 0.15) is 17.5 Å². The normalized spacial score (nSPS) is 23.6. The molecule has 3 heterocycles. The number of ether oxygens (including phenoxy) is 2. The molecule has 0 aromatic heterocycles. The van der Waals surface area contributed by atoms with Gasteiger partial charge in [-0.1, -0.05) is 6.07 Å². The molecule has 252 valence electrons. The van der Waals surface area contributed by atoms with E-state index in [0.717, 1.165) is 42.6 Å². The van der Waals surface area contributed by atoms with Crippen LogP contribution in [0.5, 0.6) is 11.5 Å². The topological polar surface area (TPSA) is 238 Å². The fourth-order valence-corrected chi connectivity index (χ4v) is 7.28. The lowest BCUT2D eigenvalue weighted by Gasteiger charge is -2.49. The number of aliphatic carboxylic acids is 1. The number of amides is 7. The van der Waals surface area contributed by atoms with Gasteiger partial charge in [-0.2, -0.15) is 0 Å². The molecule has 0 spiro atoms. The Balaban J connectivity index is 1.77. The maximum atomic E-state index is 14.2. The fourth-order valence-electron chi connectivity index (χ4n) is 5.57. The number of thioether (sulfide) groups is 1. The van der Waals surface area contributed by atoms with Gasteiger partial charge >= 0.3 is 35.8 Å². The second-order valence-corrected chi connectivity index (χ2v) is 12.9. The van der Waals surface area contributed by atoms with Crippen molar-refractivity contribution in [3.8, 4) is 11.5 Å². The highest BCUT2D eigenvalue weighted by Gasteiger charge is 2.74. The van der Waals surface area contributed by atoms with Crippen LogP contribution in [0.4, 0.5) is 4.79 Å². The van der Waals surface area contributed by atoms with Crippen LogP contribution in [-0.4, -0.2) is 115 Å². The number of carboxylic acids is 1. The number of likely N-dealkylation sites (N-methyl/N-ethyl adjacent to an activating group) is 1. The summed E-state index contributed by atoms with van der Waals surface area (Å²) in [5, 5.41) is 16.7. The molecule has 19 heteroatoms. The number of esters is 2. The predicted molar refractivity (Wildman–Crippen MR) is 158 cm³/mol. The molecule has 0 aliphatic carbocycles. The number of imide groups is 1. The highest BCUT2D eigenvalue weighted by atomic mass is 32.2. The van der Waals surface area contributed by atoms with E-state index in [-0.39, 0.29) is 36.7 Å². The van der Waals surface area contributed by atoms with Gasteiger partial charge in [0.15, 0.2) is 11.5 Å². The van der Waals surface area contributed by atoms with Gasteiger partial charge < -0.3 is 35.4 Å². The van der Waals surface area contributed by atoms with Crippen LogP contribution < -0.4 is 25.4 Å². The number of hydrogen-bond acceptors (Lipinski definition) is 12. The van der Waals surface area contributed by atoms with Crippen LogP contribution in [0.2, 0.25) is 0 Å². The number of benzene rings is 1. The molecule has 3 aliphatic rings. The first-order valence-electron chi connectivity index (χ1n) is 14.2. The predicted octanol–water partition coefficient (Wildman–Crippen LogP) is -1.32. The van der Waals surface area contributed by atoms with Crippen molar-refractivity contribution < 1.29 is 57.7 Å². The summed E-state index contributed by atoms with van der Waals surface area (Å²) in [4.78, 5) is 116. The monoisotopic (exact) mass is 676 g/mol. The Morgan fingerprint density at radius 3 is 2.26 bits per heavy atom. The number of nitrogens with zero attached hydrogens (tertiary/aromatic N) is 3. The summed E-state index contributed by atoms with van der Waals surface area (Å²) in [5.74, 6) is -7.90. The second kappa shape index (κ2) is 12.9. The van der Waals surface area contributed by atoms with E-state index >= 15 is 0 Å². The molecule has 0 radical (unpaired) electrons. The molecule has 0 saturated carbocycles. The maximum absolute atomic E-state index is 14.2. The van der Waals surface area contributed by atoms with E-state index in [1.165, 1.54) is 24.8 Å². The maximum Gasteiger partial charge on any atom is 0.352 e. The minimum atomic E-state index is -2.41. The third-order valence-electron chi connectivity index (χ3n) is 7.83. The van der Waals surface area contributed by atoms with Gasteiger partial charge in [0.05, 0.1) is 4.75 Å². The Hall–Kier alpha value is -5.20. The lowest BCUT2D eigenvalue weighted by atomic mass is 9.88. The zero-order chi connectivity index (χ0) is 35.0. The molecule has 4 atom stereocenters. The lowest BCUT2D eigenvalue weighted by Crippen LogP contribution is -2.80. The van der Waals surface area contributed by atoms with E-state index in [4.69, 9.17) is 9.47 Å². The minimum Gasteiger partial charge on any atom is -0.478 e. The SMILES string of the molecule is CCN1CCN(C(=O)NC(C(=O)N[C@@]2(C(=O)O)N3C(=O)[C@@H](NC=O)[C@H]3SC2(C)C)c2ccc(OC(C)=O)c(OC(C)=O)c2)C(=O)C1=O. The largest absolute Gasteiger partial charge is 0.478 e. The summed E-state index contributed by atoms with van der Waals surface area (Å²) in [6, 6.07) is -0.641. The molecule has 4 rings (SSSR count). The third kappa shape index (κ3) is 6.05. The number of carbonyl (C=O) groups excluding carboxylic acids is 8. The summed E-state index contributed by atoms with van der Waals surface area (Å²) in [6.45, 7) is 6.72. The van der Waals surface area contributed by atoms with Gasteiger partial charge in [0.2, 0.25) is 18.0 Å². The summed E-state index contributed by atoms with van der Waals surface area (Å²) in [6.07, 6.45) is 0.297. The van der Waals surface area contributed by atoms with Gasteiger partial charge in [-0.05, 0) is 38.5 Å². The average molecular weight is 677 g/mol. The van der Waals surface area contributed by atoms with Crippen molar-refractivity contribution >= 4 is 65.7 Å². The van der Waals surface area contributed by atoms with E-state index in [2.05, 4.69) is 16.0 Å². The standard InChI is InChI=1S/C28H32N6O12S/c1-6-32-9-10-33(23(41)22(32)40)26(44)30-18(15-7-8-16(45-13(2)36)17(11-15)46-14(3)37)20(38)31-28(25(42)43)27(4,5)47-24-19(29-12-35)21(39)34(24)28/h7-8,11-12,18-19,24H,6,9-10H2,1-5H3,(H,29,35)(H,30,44)(H,31,38)(H,42,43)/t18?,19-,24-,28+/m1/s1. The van der Waals surface area contributed by atoms with Crippen molar-refractivity contribution in [1.82, 2.24) is 30.7 Å². The smallest absolute Gasteiger partial charge is 0.352 e. The number of hydrogen-bond donors (Lipinski definition) is 4. The average Bonchev–Trinajstić information content (AvgIpc) is 3.20. The lowest BCUT2D eigenvalue weighted by molar-refractivity contribution is -0.176. The van der Waals surface area contributed by atoms with Crippen LogP contribution in [-0.2, 0) is 38.4 Å². The number of carbonyl (C=O) groups is 9. The van der Waals surface area contributed by atoms with E-state index in [1.54, 1.807) is 6.92 Å². The van der Waals surface area contributed by atoms with Crippen LogP contribution in [0, 0.1) is 0 Å². The number of piperazine rings is 1. The molecule has 7 amide bonds. The second-order valence-electron chi connectivity index (χ2n) is 11.1. The number of carboxylic acid groups (broad SMARTS) is 1. The third-order valence-corrected chi connectivity index (χ3v) is 9.44. The number of rotatable bonds is 10. The first-order valence-corrected chi connectivity index (χ1v) is 15.1. The van der Waals surface area contributed by atoms with Crippen LogP contribution in [0.15, 0.2) is 18.2 Å². The molecular weight excluding hydrogens is 644 g/mol. The molecule has 3 saturated heterocycles. The number of β-lactam (4-membered cyclic amide) rings is 1. The molecule has 18 nitrogen and oxygen atoms in total. The van der Waals surface area contributed by atoms with Crippen molar-refractivity contribution in [2.45, 2.75) is 62.5 Å². The Morgan fingerprint density at radius 2 is 1.68 bits per heavy atom. The zero-order valence-electron chi connectivity index (χ0n) is 25.9. The highest BCUT2D eigenvalue weighted by Crippen LogP contribution is 2.55. The van der Waals surface area contributed by atoms with Crippen molar-refractivity contribution in [2.24, 2.45) is 0 Å². The van der Waals surface area contributed by atoms with Crippen LogP contribution in [0.1, 0.15) is 46.2 Å². The molecule has 3 aliphatic heterocycles. The summed E-state index contributed by atoms with van der Waals surface area (Å²) < 4.78 is 8.80. The molecule has 1 unspecified atom stereocenters. The zero-order valence-corrected chi connectivity index (χ0v) is 26.7.